The first-order chi connectivity index (χ1) is 10.3. The first-order valence-electron chi connectivity index (χ1n) is 7.02. The van der Waals surface area contributed by atoms with E-state index in [1.54, 1.807) is 0 Å². The lowest BCUT2D eigenvalue weighted by Crippen LogP contribution is -2.19. The molecule has 0 aliphatic carbocycles. The number of benzene rings is 2. The first kappa shape index (κ1) is 14.1. The van der Waals surface area contributed by atoms with Crippen LogP contribution in [0.1, 0.15) is 17.2 Å². The third-order valence-corrected chi connectivity index (χ3v) is 4.00. The molecule has 0 saturated carbocycles. The van der Waals surface area contributed by atoms with Gasteiger partial charge in [-0.2, -0.15) is 0 Å². The number of aromatic nitrogens is 1. The molecule has 1 aromatic heterocycles. The molecule has 0 saturated heterocycles. The number of nitrogens with zero attached hydrogens (tertiary/aromatic N) is 1. The van der Waals surface area contributed by atoms with Crippen LogP contribution in [-0.4, -0.2) is 12.0 Å². The standard InChI is InChI=1S/C18H17ClN2/c1-20-18(11-13-4-2-6-15(19)10-13)17-7-3-5-14-12-21-9-8-16(14)17/h2-10,12,18,20H,11H2,1H3. The Kier molecular flexibility index (Phi) is 4.18. The number of pyridine rings is 1. The van der Waals surface area contributed by atoms with Crippen LogP contribution in [0.4, 0.5) is 0 Å². The van der Waals surface area contributed by atoms with Gasteiger partial charge in [0.05, 0.1) is 0 Å². The second-order valence-corrected chi connectivity index (χ2v) is 5.56. The maximum Gasteiger partial charge on any atom is 0.0408 e. The number of nitrogens with one attached hydrogen (secondary N) is 1. The Bertz CT molecular complexity index is 750. The molecule has 0 radical (unpaired) electrons. The summed E-state index contributed by atoms with van der Waals surface area (Å²) >= 11 is 6.08. The quantitative estimate of drug-likeness (QED) is 0.772. The van der Waals surface area contributed by atoms with Gasteiger partial charge in [-0.25, -0.2) is 0 Å². The van der Waals surface area contributed by atoms with E-state index >= 15 is 0 Å². The Balaban J connectivity index is 1.98. The molecule has 2 nitrogen and oxygen atoms in total. The topological polar surface area (TPSA) is 24.9 Å². The molecule has 0 aliphatic rings. The van der Waals surface area contributed by atoms with Gasteiger partial charge in [-0.15, -0.1) is 0 Å². The van der Waals surface area contributed by atoms with Crippen LogP contribution in [0.3, 0.4) is 0 Å². The highest BCUT2D eigenvalue weighted by Crippen LogP contribution is 2.26. The van der Waals surface area contributed by atoms with Crippen LogP contribution in [0.2, 0.25) is 5.02 Å². The molecule has 1 unspecified atom stereocenters. The summed E-state index contributed by atoms with van der Waals surface area (Å²) in [4.78, 5) is 4.20. The summed E-state index contributed by atoms with van der Waals surface area (Å²) in [7, 11) is 2.00. The lowest BCUT2D eigenvalue weighted by molar-refractivity contribution is 0.596. The Hall–Kier alpha value is -1.90. The third-order valence-electron chi connectivity index (χ3n) is 3.77. The molecule has 3 rings (SSSR count). The number of likely N-dealkylation sites (N-methyl/N-ethyl adjacent to an activating group) is 1. The Morgan fingerprint density at radius 3 is 2.81 bits per heavy atom. The highest BCUT2D eigenvalue weighted by Gasteiger charge is 2.13. The highest BCUT2D eigenvalue weighted by atomic mass is 35.5. The van der Waals surface area contributed by atoms with Crippen molar-refractivity contribution in [2.24, 2.45) is 0 Å². The van der Waals surface area contributed by atoms with Crippen LogP contribution >= 0.6 is 11.6 Å². The van der Waals surface area contributed by atoms with E-state index < -0.39 is 0 Å². The zero-order chi connectivity index (χ0) is 14.7. The van der Waals surface area contributed by atoms with Crippen molar-refractivity contribution in [2.45, 2.75) is 12.5 Å². The summed E-state index contributed by atoms with van der Waals surface area (Å²) in [5.41, 5.74) is 2.52. The van der Waals surface area contributed by atoms with E-state index in [9.17, 15) is 0 Å². The zero-order valence-corrected chi connectivity index (χ0v) is 12.6. The Labute approximate surface area is 129 Å². The fourth-order valence-electron chi connectivity index (χ4n) is 2.72. The van der Waals surface area contributed by atoms with E-state index in [0.29, 0.717) is 0 Å². The monoisotopic (exact) mass is 296 g/mol. The summed E-state index contributed by atoms with van der Waals surface area (Å²) in [5.74, 6) is 0. The van der Waals surface area contributed by atoms with Crippen molar-refractivity contribution in [1.29, 1.82) is 0 Å². The molecule has 2 aromatic carbocycles. The molecule has 0 amide bonds. The van der Waals surface area contributed by atoms with Gasteiger partial charge in [0.15, 0.2) is 0 Å². The van der Waals surface area contributed by atoms with Crippen molar-refractivity contribution >= 4 is 22.4 Å². The number of halogens is 1. The molecular weight excluding hydrogens is 280 g/mol. The molecule has 0 spiro atoms. The fourth-order valence-corrected chi connectivity index (χ4v) is 2.93. The third kappa shape index (κ3) is 3.07. The minimum atomic E-state index is 0.245. The molecule has 1 atom stereocenters. The van der Waals surface area contributed by atoms with Gasteiger partial charge in [-0.05, 0) is 48.2 Å². The van der Waals surface area contributed by atoms with E-state index in [-0.39, 0.29) is 6.04 Å². The van der Waals surface area contributed by atoms with Crippen LogP contribution in [0, 0.1) is 0 Å². The largest absolute Gasteiger partial charge is 0.313 e. The second kappa shape index (κ2) is 6.25. The summed E-state index contributed by atoms with van der Waals surface area (Å²) in [6.45, 7) is 0. The van der Waals surface area contributed by atoms with Crippen molar-refractivity contribution in [3.63, 3.8) is 0 Å². The zero-order valence-electron chi connectivity index (χ0n) is 11.9. The van der Waals surface area contributed by atoms with Crippen LogP contribution in [-0.2, 0) is 6.42 Å². The molecule has 0 aliphatic heterocycles. The van der Waals surface area contributed by atoms with Gasteiger partial charge in [0.1, 0.15) is 0 Å². The van der Waals surface area contributed by atoms with Gasteiger partial charge >= 0.3 is 0 Å². The minimum Gasteiger partial charge on any atom is -0.313 e. The average molecular weight is 297 g/mol. The summed E-state index contributed by atoms with van der Waals surface area (Å²) in [5, 5.41) is 6.61. The molecule has 21 heavy (non-hydrogen) atoms. The van der Waals surface area contributed by atoms with Crippen LogP contribution in [0.15, 0.2) is 60.9 Å². The van der Waals surface area contributed by atoms with E-state index in [1.807, 2.05) is 37.6 Å². The number of hydrogen-bond donors (Lipinski definition) is 1. The SMILES string of the molecule is CNC(Cc1cccc(Cl)c1)c1cccc2cnccc12. The van der Waals surface area contributed by atoms with E-state index in [0.717, 1.165) is 11.4 Å². The normalized spacial score (nSPS) is 12.5. The van der Waals surface area contributed by atoms with Crippen LogP contribution in [0.25, 0.3) is 10.8 Å². The molecule has 3 aromatic rings. The lowest BCUT2D eigenvalue weighted by Gasteiger charge is -2.19. The second-order valence-electron chi connectivity index (χ2n) is 5.12. The van der Waals surface area contributed by atoms with Gasteiger partial charge in [0, 0.05) is 28.8 Å². The summed E-state index contributed by atoms with van der Waals surface area (Å²) < 4.78 is 0. The summed E-state index contributed by atoms with van der Waals surface area (Å²) in [6, 6.07) is 16.7. The Morgan fingerprint density at radius 1 is 1.14 bits per heavy atom. The maximum absolute atomic E-state index is 6.08. The molecular formula is C18H17ClN2. The first-order valence-corrected chi connectivity index (χ1v) is 7.40. The van der Waals surface area contributed by atoms with Crippen molar-refractivity contribution in [2.75, 3.05) is 7.05 Å². The van der Waals surface area contributed by atoms with Gasteiger partial charge in [0.2, 0.25) is 0 Å². The van der Waals surface area contributed by atoms with Gasteiger partial charge in [-0.3, -0.25) is 4.98 Å². The predicted octanol–water partition coefficient (Wildman–Crippen LogP) is 4.39. The Morgan fingerprint density at radius 2 is 2.00 bits per heavy atom. The van der Waals surface area contributed by atoms with Crippen LogP contribution < -0.4 is 5.32 Å². The van der Waals surface area contributed by atoms with Crippen LogP contribution in [0.5, 0.6) is 0 Å². The van der Waals surface area contributed by atoms with Gasteiger partial charge in [0.25, 0.3) is 0 Å². The smallest absolute Gasteiger partial charge is 0.0408 e. The molecule has 1 heterocycles. The minimum absolute atomic E-state index is 0.245. The van der Waals surface area contributed by atoms with E-state index in [2.05, 4.69) is 40.6 Å². The predicted molar refractivity (Wildman–Crippen MR) is 88.7 cm³/mol. The fraction of sp³-hybridized carbons (Fsp3) is 0.167. The van der Waals surface area contributed by atoms with Gasteiger partial charge < -0.3 is 5.32 Å². The van der Waals surface area contributed by atoms with Crippen molar-refractivity contribution in [3.05, 3.63) is 77.1 Å². The van der Waals surface area contributed by atoms with E-state index in [1.165, 1.54) is 21.9 Å². The lowest BCUT2D eigenvalue weighted by atomic mass is 9.95. The van der Waals surface area contributed by atoms with Crippen molar-refractivity contribution in [3.8, 4) is 0 Å². The number of fused-ring (bicyclic) bond motifs is 1. The molecule has 0 fully saturated rings. The number of hydrogen-bond acceptors (Lipinski definition) is 2. The highest BCUT2D eigenvalue weighted by molar-refractivity contribution is 6.30. The summed E-state index contributed by atoms with van der Waals surface area (Å²) in [6.07, 6.45) is 4.65. The average Bonchev–Trinajstić information content (AvgIpc) is 2.52. The molecule has 3 heteroatoms. The maximum atomic E-state index is 6.08. The van der Waals surface area contributed by atoms with E-state index in [4.69, 9.17) is 11.6 Å². The molecule has 1 N–H and O–H groups in total. The molecule has 106 valence electrons. The number of rotatable bonds is 4. The van der Waals surface area contributed by atoms with Crippen molar-refractivity contribution in [1.82, 2.24) is 10.3 Å². The van der Waals surface area contributed by atoms with Gasteiger partial charge in [-0.1, -0.05) is 41.9 Å². The van der Waals surface area contributed by atoms with Crippen molar-refractivity contribution < 1.29 is 0 Å². The molecule has 0 bridgehead atoms.